The van der Waals surface area contributed by atoms with Crippen molar-refractivity contribution in [3.05, 3.63) is 29.8 Å². The summed E-state index contributed by atoms with van der Waals surface area (Å²) in [4.78, 5) is 2.35. The van der Waals surface area contributed by atoms with E-state index in [9.17, 15) is 0 Å². The molecule has 1 aromatic carbocycles. The van der Waals surface area contributed by atoms with Gasteiger partial charge in [0.25, 0.3) is 0 Å². The van der Waals surface area contributed by atoms with Gasteiger partial charge in [-0.1, -0.05) is 18.2 Å². The number of rotatable bonds is 3. The minimum atomic E-state index is -0.0439. The maximum atomic E-state index is 6.21. The second kappa shape index (κ2) is 5.07. The van der Waals surface area contributed by atoms with Crippen LogP contribution in [0.25, 0.3) is 0 Å². The Kier molecular flexibility index (Phi) is 3.69. The van der Waals surface area contributed by atoms with Crippen LogP contribution in [-0.2, 0) is 6.54 Å². The summed E-state index contributed by atoms with van der Waals surface area (Å²) >= 11 is 0. The SMILES string of the molecule is CN1CCC(C)(Oc2ccccc2CN)CC1. The van der Waals surface area contributed by atoms with Gasteiger partial charge in [-0.15, -0.1) is 0 Å². The molecule has 0 atom stereocenters. The second-order valence-corrected chi connectivity index (χ2v) is 5.17. The molecule has 0 amide bonds. The van der Waals surface area contributed by atoms with E-state index in [0.29, 0.717) is 6.54 Å². The standard InChI is InChI=1S/C14H22N2O/c1-14(7-9-16(2)10-8-14)17-13-6-4-3-5-12(13)11-15/h3-6H,7-11,15H2,1-2H3. The summed E-state index contributed by atoms with van der Waals surface area (Å²) in [5, 5.41) is 0. The fourth-order valence-corrected chi connectivity index (χ4v) is 2.23. The minimum Gasteiger partial charge on any atom is -0.487 e. The summed E-state index contributed by atoms with van der Waals surface area (Å²) in [7, 11) is 2.16. The summed E-state index contributed by atoms with van der Waals surface area (Å²) in [6.45, 7) is 4.93. The van der Waals surface area contributed by atoms with Crippen molar-refractivity contribution >= 4 is 0 Å². The van der Waals surface area contributed by atoms with Crippen LogP contribution in [-0.4, -0.2) is 30.6 Å². The van der Waals surface area contributed by atoms with Crippen LogP contribution in [0.1, 0.15) is 25.3 Å². The van der Waals surface area contributed by atoms with Crippen LogP contribution in [0.4, 0.5) is 0 Å². The van der Waals surface area contributed by atoms with Gasteiger partial charge in [0, 0.05) is 25.2 Å². The lowest BCUT2D eigenvalue weighted by Crippen LogP contribution is -2.44. The quantitative estimate of drug-likeness (QED) is 0.869. The molecule has 1 saturated heterocycles. The molecule has 1 heterocycles. The first-order valence-corrected chi connectivity index (χ1v) is 6.28. The summed E-state index contributed by atoms with van der Waals surface area (Å²) in [5.41, 5.74) is 6.78. The largest absolute Gasteiger partial charge is 0.487 e. The van der Waals surface area contributed by atoms with E-state index >= 15 is 0 Å². The van der Waals surface area contributed by atoms with Crippen LogP contribution in [0.2, 0.25) is 0 Å². The molecule has 1 aromatic rings. The van der Waals surface area contributed by atoms with E-state index in [2.05, 4.69) is 18.9 Å². The van der Waals surface area contributed by atoms with Crippen molar-refractivity contribution in [2.24, 2.45) is 5.73 Å². The number of piperidine rings is 1. The summed E-state index contributed by atoms with van der Waals surface area (Å²) < 4.78 is 6.21. The molecule has 0 unspecified atom stereocenters. The number of nitrogens with zero attached hydrogens (tertiary/aromatic N) is 1. The first kappa shape index (κ1) is 12.4. The minimum absolute atomic E-state index is 0.0439. The van der Waals surface area contributed by atoms with Crippen LogP contribution < -0.4 is 10.5 Å². The van der Waals surface area contributed by atoms with Crippen molar-refractivity contribution in [2.45, 2.75) is 31.9 Å². The zero-order valence-corrected chi connectivity index (χ0v) is 10.8. The van der Waals surface area contributed by atoms with Crippen LogP contribution >= 0.6 is 0 Å². The number of likely N-dealkylation sites (tertiary alicyclic amines) is 1. The number of ether oxygens (including phenoxy) is 1. The lowest BCUT2D eigenvalue weighted by molar-refractivity contribution is 0.0233. The van der Waals surface area contributed by atoms with Gasteiger partial charge in [0.2, 0.25) is 0 Å². The third-order valence-corrected chi connectivity index (χ3v) is 3.59. The van der Waals surface area contributed by atoms with Gasteiger partial charge in [0.1, 0.15) is 11.4 Å². The molecule has 1 aliphatic heterocycles. The Hall–Kier alpha value is -1.06. The molecule has 1 fully saturated rings. The second-order valence-electron chi connectivity index (χ2n) is 5.17. The molecule has 94 valence electrons. The highest BCUT2D eigenvalue weighted by Crippen LogP contribution is 2.29. The molecule has 1 aliphatic rings. The molecule has 0 aromatic heterocycles. The molecule has 0 spiro atoms. The van der Waals surface area contributed by atoms with Gasteiger partial charge < -0.3 is 15.4 Å². The first-order chi connectivity index (χ1) is 8.13. The molecule has 2 rings (SSSR count). The van der Waals surface area contributed by atoms with Crippen LogP contribution in [0.3, 0.4) is 0 Å². The monoisotopic (exact) mass is 234 g/mol. The molecule has 3 nitrogen and oxygen atoms in total. The first-order valence-electron chi connectivity index (χ1n) is 6.28. The highest BCUT2D eigenvalue weighted by atomic mass is 16.5. The summed E-state index contributed by atoms with van der Waals surface area (Å²) in [5.74, 6) is 0.946. The molecule has 0 saturated carbocycles. The lowest BCUT2D eigenvalue weighted by atomic mass is 9.93. The topological polar surface area (TPSA) is 38.5 Å². The van der Waals surface area contributed by atoms with Gasteiger partial charge in [0.15, 0.2) is 0 Å². The van der Waals surface area contributed by atoms with Gasteiger partial charge in [-0.3, -0.25) is 0 Å². The van der Waals surface area contributed by atoms with E-state index in [1.165, 1.54) is 0 Å². The molecule has 0 bridgehead atoms. The normalized spacial score (nSPS) is 20.2. The third-order valence-electron chi connectivity index (χ3n) is 3.59. The van der Waals surface area contributed by atoms with Gasteiger partial charge in [0.05, 0.1) is 0 Å². The molecule has 3 heteroatoms. The van der Waals surface area contributed by atoms with Crippen molar-refractivity contribution in [3.8, 4) is 5.75 Å². The Bertz CT molecular complexity index is 370. The number of nitrogens with two attached hydrogens (primary N) is 1. The maximum absolute atomic E-state index is 6.21. The Morgan fingerprint density at radius 3 is 2.59 bits per heavy atom. The van der Waals surface area contributed by atoms with Crippen molar-refractivity contribution in [1.29, 1.82) is 0 Å². The number of benzene rings is 1. The van der Waals surface area contributed by atoms with E-state index in [-0.39, 0.29) is 5.60 Å². The Morgan fingerprint density at radius 1 is 1.29 bits per heavy atom. The zero-order valence-electron chi connectivity index (χ0n) is 10.8. The lowest BCUT2D eigenvalue weighted by Gasteiger charge is -2.38. The molecule has 17 heavy (non-hydrogen) atoms. The Morgan fingerprint density at radius 2 is 1.94 bits per heavy atom. The Balaban J connectivity index is 2.09. The maximum Gasteiger partial charge on any atom is 0.124 e. The average Bonchev–Trinajstić information content (AvgIpc) is 2.34. The number of hydrogen-bond donors (Lipinski definition) is 1. The predicted octanol–water partition coefficient (Wildman–Crippen LogP) is 2.01. The highest BCUT2D eigenvalue weighted by molar-refractivity contribution is 5.33. The van der Waals surface area contributed by atoms with Gasteiger partial charge in [-0.2, -0.15) is 0 Å². The molecule has 2 N–H and O–H groups in total. The van der Waals surface area contributed by atoms with Crippen LogP contribution in [0.5, 0.6) is 5.75 Å². The van der Waals surface area contributed by atoms with Crippen molar-refractivity contribution in [3.63, 3.8) is 0 Å². The molecule has 0 radical (unpaired) electrons. The van der Waals surface area contributed by atoms with E-state index < -0.39 is 0 Å². The predicted molar refractivity (Wildman–Crippen MR) is 70.1 cm³/mol. The Labute approximate surface area is 104 Å². The van der Waals surface area contributed by atoms with E-state index in [1.54, 1.807) is 0 Å². The molecular formula is C14H22N2O. The number of para-hydroxylation sites is 1. The summed E-state index contributed by atoms with van der Waals surface area (Å²) in [6, 6.07) is 8.07. The highest BCUT2D eigenvalue weighted by Gasteiger charge is 2.31. The van der Waals surface area contributed by atoms with Gasteiger partial charge >= 0.3 is 0 Å². The van der Waals surface area contributed by atoms with Crippen molar-refractivity contribution < 1.29 is 4.74 Å². The third kappa shape index (κ3) is 2.99. The molecular weight excluding hydrogens is 212 g/mol. The summed E-state index contributed by atoms with van der Waals surface area (Å²) in [6.07, 6.45) is 2.14. The fourth-order valence-electron chi connectivity index (χ4n) is 2.23. The van der Waals surface area contributed by atoms with E-state index in [4.69, 9.17) is 10.5 Å². The van der Waals surface area contributed by atoms with E-state index in [1.807, 2.05) is 24.3 Å². The smallest absolute Gasteiger partial charge is 0.124 e. The van der Waals surface area contributed by atoms with Crippen LogP contribution in [0, 0.1) is 0 Å². The van der Waals surface area contributed by atoms with Gasteiger partial charge in [-0.05, 0) is 32.9 Å². The van der Waals surface area contributed by atoms with Gasteiger partial charge in [-0.25, -0.2) is 0 Å². The van der Waals surface area contributed by atoms with Crippen molar-refractivity contribution in [1.82, 2.24) is 4.90 Å². The average molecular weight is 234 g/mol. The van der Waals surface area contributed by atoms with E-state index in [0.717, 1.165) is 37.2 Å². The fraction of sp³-hybridized carbons (Fsp3) is 0.571. The number of hydrogen-bond acceptors (Lipinski definition) is 3. The van der Waals surface area contributed by atoms with Crippen molar-refractivity contribution in [2.75, 3.05) is 20.1 Å². The molecule has 0 aliphatic carbocycles. The zero-order chi connectivity index (χ0) is 12.3. The van der Waals surface area contributed by atoms with Crippen LogP contribution in [0.15, 0.2) is 24.3 Å².